The summed E-state index contributed by atoms with van der Waals surface area (Å²) < 4.78 is 5.36. The number of piperidine rings is 1. The van der Waals surface area contributed by atoms with Crippen LogP contribution in [0.3, 0.4) is 0 Å². The van der Waals surface area contributed by atoms with E-state index in [1.54, 1.807) is 7.11 Å². The number of amidine groups is 1. The zero-order valence-electron chi connectivity index (χ0n) is 11.2. The van der Waals surface area contributed by atoms with Crippen LogP contribution in [-0.2, 0) is 6.54 Å². The van der Waals surface area contributed by atoms with Gasteiger partial charge < -0.3 is 10.5 Å². The molecule has 2 rings (SSSR count). The molecule has 0 aromatic heterocycles. The van der Waals surface area contributed by atoms with Gasteiger partial charge in [-0.3, -0.25) is 10.3 Å². The Hall–Kier alpha value is -1.26. The zero-order valence-corrected chi connectivity index (χ0v) is 11.9. The number of hydrogen-bond acceptors (Lipinski definition) is 3. The standard InChI is InChI=1S/C14H20ClN3O/c1-19-13-3-2-12(15)8-11(13)9-18-6-4-10(5-7-18)14(16)17/h2-3,8,10H,4-7,9H2,1H3,(H3,16,17). The second kappa shape index (κ2) is 6.26. The van der Waals surface area contributed by atoms with Crippen molar-refractivity contribution in [3.05, 3.63) is 28.8 Å². The molecule has 3 N–H and O–H groups in total. The highest BCUT2D eigenvalue weighted by Gasteiger charge is 2.21. The molecular formula is C14H20ClN3O. The summed E-state index contributed by atoms with van der Waals surface area (Å²) >= 11 is 6.04. The van der Waals surface area contributed by atoms with Crippen molar-refractivity contribution in [1.29, 1.82) is 5.41 Å². The normalized spacial score (nSPS) is 17.4. The molecule has 1 fully saturated rings. The van der Waals surface area contributed by atoms with Crippen LogP contribution >= 0.6 is 11.6 Å². The second-order valence-corrected chi connectivity index (χ2v) is 5.40. The molecule has 1 aliphatic heterocycles. The van der Waals surface area contributed by atoms with Gasteiger partial charge in [0.05, 0.1) is 12.9 Å². The highest BCUT2D eigenvalue weighted by molar-refractivity contribution is 6.30. The van der Waals surface area contributed by atoms with E-state index in [2.05, 4.69) is 4.90 Å². The monoisotopic (exact) mass is 281 g/mol. The van der Waals surface area contributed by atoms with E-state index in [4.69, 9.17) is 27.5 Å². The van der Waals surface area contributed by atoms with Gasteiger partial charge in [-0.1, -0.05) is 11.6 Å². The summed E-state index contributed by atoms with van der Waals surface area (Å²) in [6.07, 6.45) is 1.91. The highest BCUT2D eigenvalue weighted by Crippen LogP contribution is 2.26. The molecule has 1 aromatic rings. The number of benzene rings is 1. The average molecular weight is 282 g/mol. The Morgan fingerprint density at radius 2 is 2.16 bits per heavy atom. The molecule has 0 bridgehead atoms. The molecule has 4 nitrogen and oxygen atoms in total. The van der Waals surface area contributed by atoms with Crippen molar-refractivity contribution in [2.75, 3.05) is 20.2 Å². The number of hydrogen-bond donors (Lipinski definition) is 2. The fourth-order valence-electron chi connectivity index (χ4n) is 2.51. The molecule has 0 atom stereocenters. The predicted octanol–water partition coefficient (Wildman–Crippen LogP) is 2.50. The maximum atomic E-state index is 7.49. The molecule has 104 valence electrons. The van der Waals surface area contributed by atoms with E-state index in [9.17, 15) is 0 Å². The number of rotatable bonds is 4. The van der Waals surface area contributed by atoms with E-state index in [-0.39, 0.29) is 5.92 Å². The predicted molar refractivity (Wildman–Crippen MR) is 77.9 cm³/mol. The van der Waals surface area contributed by atoms with E-state index in [1.165, 1.54) is 0 Å². The van der Waals surface area contributed by atoms with E-state index in [0.717, 1.165) is 48.8 Å². The molecule has 0 radical (unpaired) electrons. The third-order valence-electron chi connectivity index (χ3n) is 3.66. The van der Waals surface area contributed by atoms with E-state index >= 15 is 0 Å². The van der Waals surface area contributed by atoms with Crippen molar-refractivity contribution < 1.29 is 4.74 Å². The van der Waals surface area contributed by atoms with E-state index in [0.29, 0.717) is 5.84 Å². The van der Waals surface area contributed by atoms with Crippen LogP contribution in [0, 0.1) is 11.3 Å². The van der Waals surface area contributed by atoms with Crippen LogP contribution in [0.2, 0.25) is 5.02 Å². The van der Waals surface area contributed by atoms with Crippen LogP contribution in [0.25, 0.3) is 0 Å². The van der Waals surface area contributed by atoms with Gasteiger partial charge in [-0.2, -0.15) is 0 Å². The number of likely N-dealkylation sites (tertiary alicyclic amines) is 1. The molecule has 0 unspecified atom stereocenters. The fraction of sp³-hybridized carbons (Fsp3) is 0.500. The Morgan fingerprint density at radius 3 is 2.74 bits per heavy atom. The number of halogens is 1. The molecule has 1 aromatic carbocycles. The summed E-state index contributed by atoms with van der Waals surface area (Å²) in [4.78, 5) is 2.35. The summed E-state index contributed by atoms with van der Waals surface area (Å²) in [5, 5.41) is 8.22. The Morgan fingerprint density at radius 1 is 1.47 bits per heavy atom. The number of nitrogens with two attached hydrogens (primary N) is 1. The van der Waals surface area contributed by atoms with Gasteiger partial charge in [0.25, 0.3) is 0 Å². The van der Waals surface area contributed by atoms with Crippen molar-refractivity contribution in [3.8, 4) is 5.75 Å². The fourth-order valence-corrected chi connectivity index (χ4v) is 2.71. The van der Waals surface area contributed by atoms with Crippen molar-refractivity contribution in [2.24, 2.45) is 11.7 Å². The lowest BCUT2D eigenvalue weighted by Gasteiger charge is -2.31. The Kier molecular flexibility index (Phi) is 4.66. The van der Waals surface area contributed by atoms with Gasteiger partial charge in [-0.15, -0.1) is 0 Å². The number of methoxy groups -OCH3 is 1. The van der Waals surface area contributed by atoms with Gasteiger partial charge in [0.1, 0.15) is 5.75 Å². The van der Waals surface area contributed by atoms with Gasteiger partial charge in [0.15, 0.2) is 0 Å². The van der Waals surface area contributed by atoms with Gasteiger partial charge in [-0.25, -0.2) is 0 Å². The lowest BCUT2D eigenvalue weighted by Crippen LogP contribution is -2.37. The summed E-state index contributed by atoms with van der Waals surface area (Å²) in [7, 11) is 1.68. The van der Waals surface area contributed by atoms with Crippen molar-refractivity contribution >= 4 is 17.4 Å². The van der Waals surface area contributed by atoms with Crippen LogP contribution < -0.4 is 10.5 Å². The summed E-state index contributed by atoms with van der Waals surface area (Å²) in [5.74, 6) is 1.44. The number of nitrogens with one attached hydrogen (secondary N) is 1. The molecule has 0 saturated carbocycles. The van der Waals surface area contributed by atoms with Crippen LogP contribution in [-0.4, -0.2) is 30.9 Å². The third kappa shape index (κ3) is 3.61. The SMILES string of the molecule is COc1ccc(Cl)cc1CN1CCC(C(=N)N)CC1. The summed E-state index contributed by atoms with van der Waals surface area (Å²) in [6, 6.07) is 5.70. The average Bonchev–Trinajstić information content (AvgIpc) is 2.39. The zero-order chi connectivity index (χ0) is 13.8. The van der Waals surface area contributed by atoms with E-state index in [1.807, 2.05) is 18.2 Å². The van der Waals surface area contributed by atoms with Crippen LogP contribution in [0.5, 0.6) is 5.75 Å². The molecule has 0 amide bonds. The molecule has 0 spiro atoms. The Labute approximate surface area is 119 Å². The minimum atomic E-state index is 0.248. The first-order chi connectivity index (χ1) is 9.10. The molecule has 0 aliphatic carbocycles. The first-order valence-corrected chi connectivity index (χ1v) is 6.86. The maximum absolute atomic E-state index is 7.49. The molecule has 1 saturated heterocycles. The van der Waals surface area contributed by atoms with Gasteiger partial charge >= 0.3 is 0 Å². The topological polar surface area (TPSA) is 62.3 Å². The second-order valence-electron chi connectivity index (χ2n) is 4.96. The van der Waals surface area contributed by atoms with Crippen molar-refractivity contribution in [3.63, 3.8) is 0 Å². The molecule has 1 aliphatic rings. The quantitative estimate of drug-likeness (QED) is 0.658. The van der Waals surface area contributed by atoms with Crippen molar-refractivity contribution in [2.45, 2.75) is 19.4 Å². The Balaban J connectivity index is 1.99. The summed E-state index contributed by atoms with van der Waals surface area (Å²) in [5.41, 5.74) is 6.67. The van der Waals surface area contributed by atoms with Gasteiger partial charge in [0.2, 0.25) is 0 Å². The minimum absolute atomic E-state index is 0.248. The lowest BCUT2D eigenvalue weighted by atomic mass is 9.95. The van der Waals surface area contributed by atoms with Gasteiger partial charge in [0, 0.05) is 23.0 Å². The van der Waals surface area contributed by atoms with E-state index < -0.39 is 0 Å². The molecule has 5 heteroatoms. The first kappa shape index (κ1) is 14.2. The lowest BCUT2D eigenvalue weighted by molar-refractivity contribution is 0.199. The molecule has 1 heterocycles. The first-order valence-electron chi connectivity index (χ1n) is 6.49. The van der Waals surface area contributed by atoms with Crippen LogP contribution in [0.4, 0.5) is 0 Å². The molecular weight excluding hydrogens is 262 g/mol. The molecule has 19 heavy (non-hydrogen) atoms. The van der Waals surface area contributed by atoms with Crippen LogP contribution in [0.1, 0.15) is 18.4 Å². The Bertz CT molecular complexity index is 456. The van der Waals surface area contributed by atoms with Gasteiger partial charge in [-0.05, 0) is 44.1 Å². The number of ether oxygens (including phenoxy) is 1. The highest BCUT2D eigenvalue weighted by atomic mass is 35.5. The largest absolute Gasteiger partial charge is 0.496 e. The maximum Gasteiger partial charge on any atom is 0.123 e. The number of nitrogens with zero attached hydrogens (tertiary/aromatic N) is 1. The van der Waals surface area contributed by atoms with Crippen molar-refractivity contribution in [1.82, 2.24) is 4.90 Å². The minimum Gasteiger partial charge on any atom is -0.496 e. The summed E-state index contributed by atoms with van der Waals surface area (Å²) in [6.45, 7) is 2.74. The third-order valence-corrected chi connectivity index (χ3v) is 3.90. The smallest absolute Gasteiger partial charge is 0.123 e. The van der Waals surface area contributed by atoms with Crippen LogP contribution in [0.15, 0.2) is 18.2 Å².